The predicted molar refractivity (Wildman–Crippen MR) is 98.0 cm³/mol. The average molecular weight is 354 g/mol. The molecule has 0 saturated carbocycles. The molecule has 6 heteroatoms. The number of carbonyl (C=O) groups excluding carboxylic acids is 1. The van der Waals surface area contributed by atoms with E-state index >= 15 is 0 Å². The minimum atomic E-state index is -0.452. The number of nitrogens with zero attached hydrogens (tertiary/aromatic N) is 1. The first-order chi connectivity index (χ1) is 12.6. The monoisotopic (exact) mass is 354 g/mol. The maximum Gasteiger partial charge on any atom is 0.273 e. The molecule has 1 aliphatic heterocycles. The maximum atomic E-state index is 12.4. The minimum absolute atomic E-state index is 0.00147. The van der Waals surface area contributed by atoms with E-state index in [4.69, 9.17) is 4.74 Å². The molecule has 136 valence electrons. The highest BCUT2D eigenvalue weighted by atomic mass is 16.6. The molecule has 3 rings (SSSR count). The third-order valence-electron chi connectivity index (χ3n) is 5.00. The van der Waals surface area contributed by atoms with Crippen LogP contribution in [0.15, 0.2) is 54.6 Å². The van der Waals surface area contributed by atoms with Gasteiger partial charge < -0.3 is 10.1 Å². The van der Waals surface area contributed by atoms with Gasteiger partial charge in [-0.05, 0) is 18.4 Å². The molecule has 26 heavy (non-hydrogen) atoms. The van der Waals surface area contributed by atoms with Crippen LogP contribution in [-0.2, 0) is 21.4 Å². The van der Waals surface area contributed by atoms with Crippen molar-refractivity contribution < 1.29 is 14.5 Å². The Morgan fingerprint density at radius 2 is 1.73 bits per heavy atom. The molecular formula is C20H22N2O4. The number of rotatable bonds is 6. The number of ether oxygens (including phenoxy) is 1. The molecule has 0 bridgehead atoms. The summed E-state index contributed by atoms with van der Waals surface area (Å²) in [6.07, 6.45) is 1.67. The average Bonchev–Trinajstić information content (AvgIpc) is 2.68. The topological polar surface area (TPSA) is 81.5 Å². The summed E-state index contributed by atoms with van der Waals surface area (Å²) in [5.41, 5.74) is 1.44. The normalized spacial score (nSPS) is 16.0. The Labute approximate surface area is 152 Å². The number of nitro benzene ring substituents is 1. The molecule has 1 fully saturated rings. The van der Waals surface area contributed by atoms with Gasteiger partial charge in [-0.1, -0.05) is 48.5 Å². The molecule has 1 heterocycles. The first-order valence-electron chi connectivity index (χ1n) is 8.73. The van der Waals surface area contributed by atoms with Crippen LogP contribution in [0.3, 0.4) is 0 Å². The third-order valence-corrected chi connectivity index (χ3v) is 5.00. The second-order valence-corrected chi connectivity index (χ2v) is 6.60. The highest BCUT2D eigenvalue weighted by Gasteiger charge is 2.34. The largest absolute Gasteiger partial charge is 0.381 e. The van der Waals surface area contributed by atoms with Gasteiger partial charge in [-0.25, -0.2) is 0 Å². The molecule has 0 spiro atoms. The van der Waals surface area contributed by atoms with Gasteiger partial charge in [0.2, 0.25) is 5.91 Å². The summed E-state index contributed by atoms with van der Waals surface area (Å²) in [6, 6.07) is 16.5. The molecule has 1 amide bonds. The van der Waals surface area contributed by atoms with Crippen molar-refractivity contribution in [3.63, 3.8) is 0 Å². The third kappa shape index (κ3) is 4.08. The summed E-state index contributed by atoms with van der Waals surface area (Å²) < 4.78 is 5.50. The molecule has 0 unspecified atom stereocenters. The lowest BCUT2D eigenvalue weighted by molar-refractivity contribution is -0.385. The first kappa shape index (κ1) is 18.1. The number of carbonyl (C=O) groups is 1. The molecule has 1 N–H and O–H groups in total. The first-order valence-corrected chi connectivity index (χ1v) is 8.73. The van der Waals surface area contributed by atoms with E-state index in [9.17, 15) is 14.9 Å². The number of hydrogen-bond donors (Lipinski definition) is 1. The second-order valence-electron chi connectivity index (χ2n) is 6.60. The van der Waals surface area contributed by atoms with Gasteiger partial charge >= 0.3 is 0 Å². The van der Waals surface area contributed by atoms with Gasteiger partial charge in [0.25, 0.3) is 5.69 Å². The Kier molecular flexibility index (Phi) is 5.63. The Morgan fingerprint density at radius 3 is 2.42 bits per heavy atom. The smallest absolute Gasteiger partial charge is 0.273 e. The fraction of sp³-hybridized carbons (Fsp3) is 0.350. The van der Waals surface area contributed by atoms with Gasteiger partial charge in [-0.3, -0.25) is 14.9 Å². The zero-order valence-corrected chi connectivity index (χ0v) is 14.5. The maximum absolute atomic E-state index is 12.4. The standard InChI is InChI=1S/C20H22N2O4/c23-19(14-16-6-4-5-9-18(16)22(24)25)21-15-20(10-12-26-13-11-20)17-7-2-1-3-8-17/h1-9H,10-15H2,(H,21,23). The molecule has 6 nitrogen and oxygen atoms in total. The van der Waals surface area contributed by atoms with E-state index in [-0.39, 0.29) is 23.4 Å². The van der Waals surface area contributed by atoms with Gasteiger partial charge in [0, 0.05) is 36.8 Å². The van der Waals surface area contributed by atoms with Gasteiger partial charge in [0.1, 0.15) is 0 Å². The summed E-state index contributed by atoms with van der Waals surface area (Å²) in [6.45, 7) is 1.82. The van der Waals surface area contributed by atoms with Crippen molar-refractivity contribution >= 4 is 11.6 Å². The van der Waals surface area contributed by atoms with Crippen LogP contribution in [0.25, 0.3) is 0 Å². The van der Waals surface area contributed by atoms with Crippen LogP contribution in [-0.4, -0.2) is 30.6 Å². The van der Waals surface area contributed by atoms with Gasteiger partial charge in [-0.2, -0.15) is 0 Å². The Balaban J connectivity index is 1.70. The van der Waals surface area contributed by atoms with Crippen molar-refractivity contribution in [2.45, 2.75) is 24.7 Å². The minimum Gasteiger partial charge on any atom is -0.381 e. The SMILES string of the molecule is O=C(Cc1ccccc1[N+](=O)[O-])NCC1(c2ccccc2)CCOCC1. The molecule has 1 saturated heterocycles. The van der Waals surface area contributed by atoms with Crippen molar-refractivity contribution in [3.05, 3.63) is 75.8 Å². The van der Waals surface area contributed by atoms with Gasteiger partial charge in [0.15, 0.2) is 0 Å². The van der Waals surface area contributed by atoms with E-state index in [1.807, 2.05) is 18.2 Å². The van der Waals surface area contributed by atoms with E-state index in [2.05, 4.69) is 17.4 Å². The zero-order chi connectivity index (χ0) is 18.4. The van der Waals surface area contributed by atoms with E-state index in [1.54, 1.807) is 18.2 Å². The van der Waals surface area contributed by atoms with Crippen LogP contribution in [0.2, 0.25) is 0 Å². The molecule has 1 aliphatic rings. The zero-order valence-electron chi connectivity index (χ0n) is 14.5. The number of nitro groups is 1. The van der Waals surface area contributed by atoms with Crippen molar-refractivity contribution in [2.75, 3.05) is 19.8 Å². The predicted octanol–water partition coefficient (Wildman–Crippen LogP) is 3.00. The Hall–Kier alpha value is -2.73. The number of para-hydroxylation sites is 1. The number of hydrogen-bond acceptors (Lipinski definition) is 4. The van der Waals surface area contributed by atoms with Gasteiger partial charge in [0.05, 0.1) is 11.3 Å². The van der Waals surface area contributed by atoms with E-state index < -0.39 is 4.92 Å². The van der Waals surface area contributed by atoms with Crippen LogP contribution in [0.5, 0.6) is 0 Å². The lowest BCUT2D eigenvalue weighted by Gasteiger charge is -2.38. The summed E-state index contributed by atoms with van der Waals surface area (Å²) in [5, 5.41) is 14.1. The number of benzene rings is 2. The highest BCUT2D eigenvalue weighted by molar-refractivity contribution is 5.79. The molecule has 0 aromatic heterocycles. The molecule has 2 aromatic carbocycles. The van der Waals surface area contributed by atoms with Crippen molar-refractivity contribution in [3.8, 4) is 0 Å². The molecule has 2 aromatic rings. The lowest BCUT2D eigenvalue weighted by Crippen LogP contribution is -2.45. The van der Waals surface area contributed by atoms with Crippen molar-refractivity contribution in [2.24, 2.45) is 0 Å². The van der Waals surface area contributed by atoms with Crippen LogP contribution < -0.4 is 5.32 Å². The number of amides is 1. The fourth-order valence-corrected chi connectivity index (χ4v) is 3.46. The van der Waals surface area contributed by atoms with E-state index in [0.717, 1.165) is 12.8 Å². The summed E-state index contributed by atoms with van der Waals surface area (Å²) in [5.74, 6) is -0.207. The fourth-order valence-electron chi connectivity index (χ4n) is 3.46. The second kappa shape index (κ2) is 8.10. The van der Waals surface area contributed by atoms with E-state index in [0.29, 0.717) is 25.3 Å². The summed E-state index contributed by atoms with van der Waals surface area (Å²) in [4.78, 5) is 23.1. The highest BCUT2D eigenvalue weighted by Crippen LogP contribution is 2.34. The summed E-state index contributed by atoms with van der Waals surface area (Å²) in [7, 11) is 0. The Bertz CT molecular complexity index is 770. The van der Waals surface area contributed by atoms with Crippen molar-refractivity contribution in [1.29, 1.82) is 0 Å². The lowest BCUT2D eigenvalue weighted by atomic mass is 9.74. The van der Waals surface area contributed by atoms with Crippen LogP contribution in [0, 0.1) is 10.1 Å². The van der Waals surface area contributed by atoms with Crippen LogP contribution in [0.4, 0.5) is 5.69 Å². The Morgan fingerprint density at radius 1 is 1.08 bits per heavy atom. The number of nitrogens with one attached hydrogen (secondary N) is 1. The molecular weight excluding hydrogens is 332 g/mol. The molecule has 0 aliphatic carbocycles. The quantitative estimate of drug-likeness (QED) is 0.639. The molecule has 0 atom stereocenters. The summed E-state index contributed by atoms with van der Waals surface area (Å²) >= 11 is 0. The van der Waals surface area contributed by atoms with Crippen LogP contribution >= 0.6 is 0 Å². The van der Waals surface area contributed by atoms with Crippen LogP contribution in [0.1, 0.15) is 24.0 Å². The molecule has 0 radical (unpaired) electrons. The van der Waals surface area contributed by atoms with Gasteiger partial charge in [-0.15, -0.1) is 0 Å². The van der Waals surface area contributed by atoms with Crippen molar-refractivity contribution in [1.82, 2.24) is 5.32 Å². The van der Waals surface area contributed by atoms with E-state index in [1.165, 1.54) is 11.6 Å².